The number of rotatable bonds is 3. The largest absolute Gasteiger partial charge is 0.332 e. The number of sulfone groups is 1. The Balaban J connectivity index is 1.91. The fourth-order valence-electron chi connectivity index (χ4n) is 3.59. The zero-order valence-corrected chi connectivity index (χ0v) is 13.9. The topological polar surface area (TPSA) is 90.6 Å². The van der Waals surface area contributed by atoms with E-state index in [1.165, 1.54) is 12.3 Å². The van der Waals surface area contributed by atoms with Gasteiger partial charge in [-0.2, -0.15) is 0 Å². The van der Waals surface area contributed by atoms with Crippen LogP contribution in [0.25, 0.3) is 0 Å². The predicted octanol–water partition coefficient (Wildman–Crippen LogP) is -0.292. The second-order valence-corrected chi connectivity index (χ2v) is 8.31. The van der Waals surface area contributed by atoms with E-state index in [2.05, 4.69) is 16.8 Å². The Bertz CT molecular complexity index is 758. The lowest BCUT2D eigenvalue weighted by Gasteiger charge is -2.43. The molecule has 1 aromatic rings. The molecule has 0 aromatic carbocycles. The van der Waals surface area contributed by atoms with Crippen LogP contribution in [0.4, 0.5) is 0 Å². The molecule has 2 fully saturated rings. The van der Waals surface area contributed by atoms with Gasteiger partial charge in [0.25, 0.3) is 11.5 Å². The predicted molar refractivity (Wildman–Crippen MR) is 86.2 cm³/mol. The molecule has 2 aliphatic rings. The summed E-state index contributed by atoms with van der Waals surface area (Å²) in [6.07, 6.45) is 2.41. The van der Waals surface area contributed by atoms with Gasteiger partial charge in [0.15, 0.2) is 9.84 Å². The number of aromatic nitrogens is 1. The lowest BCUT2D eigenvalue weighted by molar-refractivity contribution is 0.0331. The molecule has 7 nitrogen and oxygen atoms in total. The monoisotopic (exact) mass is 339 g/mol. The number of H-pyrrole nitrogens is 1. The van der Waals surface area contributed by atoms with Crippen LogP contribution < -0.4 is 5.56 Å². The number of nitrogens with zero attached hydrogens (tertiary/aromatic N) is 2. The van der Waals surface area contributed by atoms with E-state index < -0.39 is 15.4 Å². The molecule has 0 spiro atoms. The van der Waals surface area contributed by atoms with Gasteiger partial charge in [0.05, 0.1) is 17.5 Å². The Morgan fingerprint density at radius 1 is 1.30 bits per heavy atom. The average molecular weight is 339 g/mol. The van der Waals surface area contributed by atoms with Crippen LogP contribution in [0.3, 0.4) is 0 Å². The van der Waals surface area contributed by atoms with Crippen LogP contribution in [0, 0.1) is 0 Å². The molecule has 0 bridgehead atoms. The minimum atomic E-state index is -3.16. The zero-order valence-electron chi connectivity index (χ0n) is 13.1. The standard InChI is InChI=1S/C15H21N3O4S/c1-2-6-17-7-8-18(13-10-23(21,22)9-12(13)17)15(20)11-4-3-5-16-14(11)19/h3-5,12-13H,2,6-10H2,1H3,(H,16,19)/t12-,13+/m1/s1. The van der Waals surface area contributed by atoms with Crippen LogP contribution >= 0.6 is 0 Å². The fraction of sp³-hybridized carbons (Fsp3) is 0.600. The third kappa shape index (κ3) is 3.05. The molecule has 3 heterocycles. The second kappa shape index (κ2) is 6.09. The average Bonchev–Trinajstić information content (AvgIpc) is 2.83. The van der Waals surface area contributed by atoms with Crippen LogP contribution in [0.15, 0.2) is 23.1 Å². The molecule has 2 saturated heterocycles. The second-order valence-electron chi connectivity index (χ2n) is 6.16. The SMILES string of the molecule is CCCN1CCN(C(=O)c2ccc[nH]c2=O)[C@H]2CS(=O)(=O)C[C@H]21. The van der Waals surface area contributed by atoms with Gasteiger partial charge < -0.3 is 9.88 Å². The molecule has 2 atom stereocenters. The van der Waals surface area contributed by atoms with E-state index in [-0.39, 0.29) is 35.1 Å². The highest BCUT2D eigenvalue weighted by atomic mass is 32.2. The first-order chi connectivity index (χ1) is 10.9. The number of amides is 1. The van der Waals surface area contributed by atoms with Gasteiger partial charge in [-0.1, -0.05) is 6.92 Å². The van der Waals surface area contributed by atoms with E-state index in [9.17, 15) is 18.0 Å². The molecule has 0 aliphatic carbocycles. The number of aromatic amines is 1. The number of carbonyl (C=O) groups excluding carboxylic acids is 1. The summed E-state index contributed by atoms with van der Waals surface area (Å²) in [6, 6.07) is 2.55. The van der Waals surface area contributed by atoms with E-state index in [1.54, 1.807) is 11.0 Å². The number of hydrogen-bond acceptors (Lipinski definition) is 5. The summed E-state index contributed by atoms with van der Waals surface area (Å²) < 4.78 is 24.2. The first kappa shape index (κ1) is 16.2. The number of pyridine rings is 1. The van der Waals surface area contributed by atoms with E-state index in [0.29, 0.717) is 13.1 Å². The number of piperazine rings is 1. The van der Waals surface area contributed by atoms with Gasteiger partial charge in [-0.15, -0.1) is 0 Å². The smallest absolute Gasteiger partial charge is 0.260 e. The van der Waals surface area contributed by atoms with E-state index in [0.717, 1.165) is 13.0 Å². The Hall–Kier alpha value is -1.67. The van der Waals surface area contributed by atoms with Crippen molar-refractivity contribution in [2.24, 2.45) is 0 Å². The van der Waals surface area contributed by atoms with Gasteiger partial charge in [0.2, 0.25) is 0 Å². The molecule has 0 saturated carbocycles. The van der Waals surface area contributed by atoms with Gasteiger partial charge in [0, 0.05) is 25.3 Å². The summed E-state index contributed by atoms with van der Waals surface area (Å²) in [4.78, 5) is 30.8. The number of hydrogen-bond donors (Lipinski definition) is 1. The normalized spacial score (nSPS) is 26.9. The fourth-order valence-corrected chi connectivity index (χ4v) is 5.60. The van der Waals surface area contributed by atoms with E-state index in [1.807, 2.05) is 0 Å². The molecule has 3 rings (SSSR count). The van der Waals surface area contributed by atoms with E-state index in [4.69, 9.17) is 0 Å². The molecule has 1 amide bonds. The van der Waals surface area contributed by atoms with Crippen LogP contribution in [0.2, 0.25) is 0 Å². The lowest BCUT2D eigenvalue weighted by atomic mass is 10.0. The summed E-state index contributed by atoms with van der Waals surface area (Å²) in [5, 5.41) is 0. The van der Waals surface area contributed by atoms with Crippen molar-refractivity contribution in [2.45, 2.75) is 25.4 Å². The molecule has 23 heavy (non-hydrogen) atoms. The first-order valence-electron chi connectivity index (χ1n) is 7.86. The van der Waals surface area contributed by atoms with Crippen molar-refractivity contribution < 1.29 is 13.2 Å². The van der Waals surface area contributed by atoms with Crippen molar-refractivity contribution in [2.75, 3.05) is 31.1 Å². The van der Waals surface area contributed by atoms with Gasteiger partial charge in [-0.3, -0.25) is 14.5 Å². The molecule has 0 unspecified atom stereocenters. The van der Waals surface area contributed by atoms with Crippen molar-refractivity contribution in [3.8, 4) is 0 Å². The summed E-state index contributed by atoms with van der Waals surface area (Å²) in [5.74, 6) is -0.309. The van der Waals surface area contributed by atoms with Gasteiger partial charge in [-0.05, 0) is 25.1 Å². The molecule has 0 radical (unpaired) electrons. The molecule has 1 aromatic heterocycles. The molecule has 8 heteroatoms. The summed E-state index contributed by atoms with van der Waals surface area (Å²) >= 11 is 0. The summed E-state index contributed by atoms with van der Waals surface area (Å²) in [5.41, 5.74) is -0.370. The maximum absolute atomic E-state index is 12.7. The molecule has 1 N–H and O–H groups in total. The first-order valence-corrected chi connectivity index (χ1v) is 9.68. The van der Waals surface area contributed by atoms with Gasteiger partial charge in [-0.25, -0.2) is 8.42 Å². The lowest BCUT2D eigenvalue weighted by Crippen LogP contribution is -2.61. The maximum atomic E-state index is 12.7. The van der Waals surface area contributed by atoms with E-state index >= 15 is 0 Å². The van der Waals surface area contributed by atoms with Crippen molar-refractivity contribution in [3.05, 3.63) is 34.2 Å². The van der Waals surface area contributed by atoms with Crippen LogP contribution in [0.5, 0.6) is 0 Å². The summed E-state index contributed by atoms with van der Waals surface area (Å²) in [7, 11) is -3.16. The zero-order chi connectivity index (χ0) is 16.6. The highest BCUT2D eigenvalue weighted by molar-refractivity contribution is 7.91. The van der Waals surface area contributed by atoms with Crippen molar-refractivity contribution in [1.29, 1.82) is 0 Å². The molecule has 2 aliphatic heterocycles. The van der Waals surface area contributed by atoms with Gasteiger partial charge >= 0.3 is 0 Å². The van der Waals surface area contributed by atoms with Crippen molar-refractivity contribution in [1.82, 2.24) is 14.8 Å². The number of fused-ring (bicyclic) bond motifs is 1. The quantitative estimate of drug-likeness (QED) is 0.817. The Kier molecular flexibility index (Phi) is 4.29. The maximum Gasteiger partial charge on any atom is 0.260 e. The van der Waals surface area contributed by atoms with Crippen LogP contribution in [0.1, 0.15) is 23.7 Å². The highest BCUT2D eigenvalue weighted by Crippen LogP contribution is 2.27. The van der Waals surface area contributed by atoms with Crippen molar-refractivity contribution >= 4 is 15.7 Å². The Morgan fingerprint density at radius 3 is 2.74 bits per heavy atom. The van der Waals surface area contributed by atoms with Crippen LogP contribution in [-0.2, 0) is 9.84 Å². The number of nitrogens with one attached hydrogen (secondary N) is 1. The van der Waals surface area contributed by atoms with Crippen molar-refractivity contribution in [3.63, 3.8) is 0 Å². The molecular weight excluding hydrogens is 318 g/mol. The third-order valence-electron chi connectivity index (χ3n) is 4.61. The van der Waals surface area contributed by atoms with Crippen LogP contribution in [-0.4, -0.2) is 72.3 Å². The minimum Gasteiger partial charge on any atom is -0.332 e. The minimum absolute atomic E-state index is 0.0195. The summed E-state index contributed by atoms with van der Waals surface area (Å²) in [6.45, 7) is 3.97. The Labute approximate surface area is 135 Å². The Morgan fingerprint density at radius 2 is 2.04 bits per heavy atom. The highest BCUT2D eigenvalue weighted by Gasteiger charge is 2.48. The third-order valence-corrected chi connectivity index (χ3v) is 6.31. The molecule has 126 valence electrons. The molecular formula is C15H21N3O4S. The number of carbonyl (C=O) groups is 1. The van der Waals surface area contributed by atoms with Gasteiger partial charge in [0.1, 0.15) is 5.56 Å².